The Morgan fingerprint density at radius 2 is 1.43 bits per heavy atom. The highest BCUT2D eigenvalue weighted by molar-refractivity contribution is 5.64. The minimum atomic E-state index is -0.692. The standard InChI is InChI=1S/C27H31NO2/c1-28-19-17-27(29,18-20-28)25-13-9-23(10-14-25)24-11-15-26(16-12-24)30-21-5-8-22-6-3-2-4-7-22/h2-4,6-7,9-16,29H,5,8,17-21H2,1H3. The van der Waals surface area contributed by atoms with Crippen molar-refractivity contribution in [2.45, 2.75) is 31.3 Å². The molecule has 156 valence electrons. The second kappa shape index (κ2) is 9.46. The van der Waals surface area contributed by atoms with Gasteiger partial charge in [0.1, 0.15) is 5.75 Å². The van der Waals surface area contributed by atoms with Gasteiger partial charge in [0.25, 0.3) is 0 Å². The van der Waals surface area contributed by atoms with Crippen LogP contribution in [0.4, 0.5) is 0 Å². The highest BCUT2D eigenvalue weighted by Gasteiger charge is 2.32. The molecule has 3 heteroatoms. The van der Waals surface area contributed by atoms with Crippen LogP contribution in [0.2, 0.25) is 0 Å². The molecule has 0 bridgehead atoms. The van der Waals surface area contributed by atoms with Crippen LogP contribution < -0.4 is 4.74 Å². The largest absolute Gasteiger partial charge is 0.494 e. The number of hydrogen-bond acceptors (Lipinski definition) is 3. The van der Waals surface area contributed by atoms with Crippen molar-refractivity contribution in [2.75, 3.05) is 26.7 Å². The average Bonchev–Trinajstić information content (AvgIpc) is 2.80. The molecular weight excluding hydrogens is 370 g/mol. The smallest absolute Gasteiger partial charge is 0.119 e. The molecule has 1 aliphatic heterocycles. The van der Waals surface area contributed by atoms with Crippen LogP contribution in [0.1, 0.15) is 30.4 Å². The van der Waals surface area contributed by atoms with E-state index in [1.165, 1.54) is 5.56 Å². The zero-order valence-corrected chi connectivity index (χ0v) is 17.8. The van der Waals surface area contributed by atoms with Crippen LogP contribution >= 0.6 is 0 Å². The second-order valence-corrected chi connectivity index (χ2v) is 8.37. The summed E-state index contributed by atoms with van der Waals surface area (Å²) < 4.78 is 5.90. The van der Waals surface area contributed by atoms with Crippen molar-refractivity contribution in [1.29, 1.82) is 0 Å². The Bertz CT molecular complexity index is 911. The van der Waals surface area contributed by atoms with Gasteiger partial charge in [-0.15, -0.1) is 0 Å². The number of aryl methyl sites for hydroxylation is 1. The number of nitrogens with zero attached hydrogens (tertiary/aromatic N) is 1. The molecule has 1 saturated heterocycles. The van der Waals surface area contributed by atoms with Gasteiger partial charge in [-0.25, -0.2) is 0 Å². The summed E-state index contributed by atoms with van der Waals surface area (Å²) in [6, 6.07) is 27.2. The Morgan fingerprint density at radius 3 is 2.07 bits per heavy atom. The predicted octanol–water partition coefficient (Wildman–Crippen LogP) is 5.28. The molecule has 4 rings (SSSR count). The van der Waals surface area contributed by atoms with Gasteiger partial charge in [0.2, 0.25) is 0 Å². The molecule has 0 unspecified atom stereocenters. The van der Waals surface area contributed by atoms with E-state index in [0.29, 0.717) is 0 Å². The Kier molecular flexibility index (Phi) is 6.51. The average molecular weight is 402 g/mol. The lowest BCUT2D eigenvalue weighted by molar-refractivity contribution is -0.0203. The Labute approximate surface area is 179 Å². The van der Waals surface area contributed by atoms with Crippen LogP contribution in [0.15, 0.2) is 78.9 Å². The maximum atomic E-state index is 11.0. The number of rotatable bonds is 7. The summed E-state index contributed by atoms with van der Waals surface area (Å²) in [7, 11) is 2.11. The van der Waals surface area contributed by atoms with E-state index < -0.39 is 5.60 Å². The van der Waals surface area contributed by atoms with Crippen LogP contribution in [-0.2, 0) is 12.0 Å². The first-order valence-corrected chi connectivity index (χ1v) is 10.9. The van der Waals surface area contributed by atoms with Crippen LogP contribution in [0.5, 0.6) is 5.75 Å². The number of aliphatic hydroxyl groups is 1. The van der Waals surface area contributed by atoms with Crippen molar-refractivity contribution in [2.24, 2.45) is 0 Å². The van der Waals surface area contributed by atoms with Gasteiger partial charge in [0.15, 0.2) is 0 Å². The van der Waals surface area contributed by atoms with Crippen LogP contribution in [0.25, 0.3) is 11.1 Å². The van der Waals surface area contributed by atoms with Crippen LogP contribution in [-0.4, -0.2) is 36.8 Å². The van der Waals surface area contributed by atoms with Gasteiger partial charge in [0.05, 0.1) is 12.2 Å². The SMILES string of the molecule is CN1CCC(O)(c2ccc(-c3ccc(OCCCc4ccccc4)cc3)cc2)CC1. The molecule has 1 N–H and O–H groups in total. The van der Waals surface area contributed by atoms with Crippen LogP contribution in [0, 0.1) is 0 Å². The van der Waals surface area contributed by atoms with E-state index in [1.807, 2.05) is 18.2 Å². The lowest BCUT2D eigenvalue weighted by Gasteiger charge is -2.37. The first-order valence-electron chi connectivity index (χ1n) is 10.9. The van der Waals surface area contributed by atoms with Crippen molar-refractivity contribution in [3.63, 3.8) is 0 Å². The third-order valence-electron chi connectivity index (χ3n) is 6.15. The number of likely N-dealkylation sites (tertiary alicyclic amines) is 1. The molecule has 1 fully saturated rings. The minimum absolute atomic E-state index is 0.692. The summed E-state index contributed by atoms with van der Waals surface area (Å²) in [5.74, 6) is 0.907. The van der Waals surface area contributed by atoms with Crippen molar-refractivity contribution >= 4 is 0 Å². The van der Waals surface area contributed by atoms with Crippen LogP contribution in [0.3, 0.4) is 0 Å². The predicted molar refractivity (Wildman–Crippen MR) is 123 cm³/mol. The van der Waals surface area contributed by atoms with E-state index >= 15 is 0 Å². The molecule has 1 heterocycles. The molecule has 3 nitrogen and oxygen atoms in total. The van der Waals surface area contributed by atoms with E-state index in [4.69, 9.17) is 4.74 Å². The van der Waals surface area contributed by atoms with Crippen molar-refractivity contribution in [3.8, 4) is 16.9 Å². The fourth-order valence-electron chi connectivity index (χ4n) is 4.10. The lowest BCUT2D eigenvalue weighted by Crippen LogP contribution is -2.40. The van der Waals surface area contributed by atoms with Gasteiger partial charge in [0, 0.05) is 13.1 Å². The van der Waals surface area contributed by atoms with Gasteiger partial charge in [-0.05, 0) is 67.1 Å². The number of benzene rings is 3. The fraction of sp³-hybridized carbons (Fsp3) is 0.333. The number of hydrogen-bond donors (Lipinski definition) is 1. The van der Waals surface area contributed by atoms with Crippen molar-refractivity contribution in [3.05, 3.63) is 90.0 Å². The molecule has 3 aromatic rings. The molecule has 0 aromatic heterocycles. The summed E-state index contributed by atoms with van der Waals surface area (Å²) >= 11 is 0. The Morgan fingerprint density at radius 1 is 0.833 bits per heavy atom. The van der Waals surface area contributed by atoms with Crippen molar-refractivity contribution in [1.82, 2.24) is 4.90 Å². The monoisotopic (exact) mass is 401 g/mol. The van der Waals surface area contributed by atoms with E-state index in [1.54, 1.807) is 0 Å². The fourth-order valence-corrected chi connectivity index (χ4v) is 4.10. The van der Waals surface area contributed by atoms with E-state index in [9.17, 15) is 5.11 Å². The van der Waals surface area contributed by atoms with Gasteiger partial charge < -0.3 is 14.7 Å². The highest BCUT2D eigenvalue weighted by atomic mass is 16.5. The minimum Gasteiger partial charge on any atom is -0.494 e. The molecule has 0 atom stereocenters. The lowest BCUT2D eigenvalue weighted by atomic mass is 9.84. The van der Waals surface area contributed by atoms with E-state index in [2.05, 4.69) is 72.6 Å². The summed E-state index contributed by atoms with van der Waals surface area (Å²) in [6.45, 7) is 2.59. The Hall–Kier alpha value is -2.62. The van der Waals surface area contributed by atoms with Crippen molar-refractivity contribution < 1.29 is 9.84 Å². The highest BCUT2D eigenvalue weighted by Crippen LogP contribution is 2.33. The molecule has 3 aromatic carbocycles. The van der Waals surface area contributed by atoms with E-state index in [0.717, 1.165) is 67.8 Å². The summed E-state index contributed by atoms with van der Waals surface area (Å²) in [5.41, 5.74) is 4.00. The van der Waals surface area contributed by atoms with Gasteiger partial charge in [-0.3, -0.25) is 0 Å². The first-order chi connectivity index (χ1) is 14.6. The zero-order chi connectivity index (χ0) is 20.8. The Balaban J connectivity index is 1.31. The van der Waals surface area contributed by atoms with Gasteiger partial charge in [-0.1, -0.05) is 66.7 Å². The maximum Gasteiger partial charge on any atom is 0.119 e. The topological polar surface area (TPSA) is 32.7 Å². The summed E-state index contributed by atoms with van der Waals surface area (Å²) in [5, 5.41) is 11.0. The molecule has 0 spiro atoms. The molecular formula is C27H31NO2. The molecule has 0 saturated carbocycles. The van der Waals surface area contributed by atoms with Gasteiger partial charge in [-0.2, -0.15) is 0 Å². The summed E-state index contributed by atoms with van der Waals surface area (Å²) in [4.78, 5) is 2.27. The molecule has 0 amide bonds. The van der Waals surface area contributed by atoms with E-state index in [-0.39, 0.29) is 0 Å². The molecule has 0 radical (unpaired) electrons. The molecule has 0 aliphatic carbocycles. The maximum absolute atomic E-state index is 11.0. The third kappa shape index (κ3) is 5.10. The quantitative estimate of drug-likeness (QED) is 0.547. The molecule has 30 heavy (non-hydrogen) atoms. The number of piperidine rings is 1. The number of ether oxygens (including phenoxy) is 1. The normalized spacial score (nSPS) is 16.3. The molecule has 1 aliphatic rings. The zero-order valence-electron chi connectivity index (χ0n) is 17.8. The first kappa shape index (κ1) is 20.6. The van der Waals surface area contributed by atoms with Gasteiger partial charge >= 0.3 is 0 Å². The summed E-state index contributed by atoms with van der Waals surface area (Å²) in [6.07, 6.45) is 3.62. The second-order valence-electron chi connectivity index (χ2n) is 8.37. The third-order valence-corrected chi connectivity index (χ3v) is 6.15.